The van der Waals surface area contributed by atoms with E-state index in [9.17, 15) is 18.4 Å². The maximum absolute atomic E-state index is 13.3. The number of hydrogen-bond acceptors (Lipinski definition) is 3. The van der Waals surface area contributed by atoms with Crippen LogP contribution in [0.3, 0.4) is 0 Å². The van der Waals surface area contributed by atoms with Gasteiger partial charge in [0, 0.05) is 37.3 Å². The van der Waals surface area contributed by atoms with Crippen molar-refractivity contribution >= 4 is 5.91 Å². The van der Waals surface area contributed by atoms with E-state index in [1.54, 1.807) is 11.8 Å². The molecule has 3 rings (SSSR count). The van der Waals surface area contributed by atoms with Crippen molar-refractivity contribution in [3.63, 3.8) is 0 Å². The van der Waals surface area contributed by atoms with Crippen LogP contribution in [-0.4, -0.2) is 28.3 Å². The number of likely N-dealkylation sites (tertiary alicyclic amines) is 1. The van der Waals surface area contributed by atoms with Gasteiger partial charge in [-0.25, -0.2) is 8.78 Å². The Labute approximate surface area is 138 Å². The summed E-state index contributed by atoms with van der Waals surface area (Å²) in [7, 11) is 0. The topological polar surface area (TPSA) is 77.0 Å². The highest BCUT2D eigenvalue weighted by Crippen LogP contribution is 2.54. The first-order valence-electron chi connectivity index (χ1n) is 7.97. The number of amides is 1. The molecule has 2 atom stereocenters. The van der Waals surface area contributed by atoms with Gasteiger partial charge in [-0.2, -0.15) is 5.26 Å². The molecule has 2 heterocycles. The summed E-state index contributed by atoms with van der Waals surface area (Å²) in [5.74, 6) is -2.96. The molecule has 2 fully saturated rings. The maximum atomic E-state index is 13.3. The van der Waals surface area contributed by atoms with Gasteiger partial charge in [0.05, 0.1) is 11.5 Å². The van der Waals surface area contributed by atoms with Crippen molar-refractivity contribution < 1.29 is 13.6 Å². The Kier molecular flexibility index (Phi) is 3.74. The van der Waals surface area contributed by atoms with Gasteiger partial charge in [-0.3, -0.25) is 9.59 Å². The predicted octanol–water partition coefficient (Wildman–Crippen LogP) is 2.59. The zero-order chi connectivity index (χ0) is 17.7. The molecule has 1 aromatic heterocycles. The van der Waals surface area contributed by atoms with Crippen LogP contribution in [0.2, 0.25) is 0 Å². The first kappa shape index (κ1) is 16.6. The van der Waals surface area contributed by atoms with Gasteiger partial charge in [0.15, 0.2) is 0 Å². The fraction of sp³-hybridized carbons (Fsp3) is 0.588. The van der Waals surface area contributed by atoms with Gasteiger partial charge in [0.2, 0.25) is 17.3 Å². The fourth-order valence-electron chi connectivity index (χ4n) is 3.98. The fourth-order valence-corrected chi connectivity index (χ4v) is 3.98. The van der Waals surface area contributed by atoms with Crippen LogP contribution in [0.15, 0.2) is 17.2 Å². The number of nitriles is 1. The second-order valence-corrected chi connectivity index (χ2v) is 7.35. The summed E-state index contributed by atoms with van der Waals surface area (Å²) < 4.78 is 26.6. The van der Waals surface area contributed by atoms with Crippen LogP contribution in [0.25, 0.3) is 0 Å². The molecule has 0 bridgehead atoms. The Morgan fingerprint density at radius 1 is 1.42 bits per heavy atom. The average molecular weight is 335 g/mol. The molecular weight excluding hydrogens is 316 g/mol. The number of nitrogens with one attached hydrogen (secondary N) is 1. The van der Waals surface area contributed by atoms with E-state index in [0.29, 0.717) is 18.5 Å². The summed E-state index contributed by atoms with van der Waals surface area (Å²) in [5, 5.41) is 9.01. The van der Waals surface area contributed by atoms with Gasteiger partial charge in [0.1, 0.15) is 11.6 Å². The van der Waals surface area contributed by atoms with E-state index in [2.05, 4.69) is 4.98 Å². The van der Waals surface area contributed by atoms with Crippen molar-refractivity contribution in [3.05, 3.63) is 33.7 Å². The van der Waals surface area contributed by atoms with Gasteiger partial charge in [-0.1, -0.05) is 13.8 Å². The van der Waals surface area contributed by atoms with Crippen molar-refractivity contribution in [2.24, 2.45) is 11.3 Å². The van der Waals surface area contributed by atoms with E-state index in [4.69, 9.17) is 5.26 Å². The van der Waals surface area contributed by atoms with Crippen LogP contribution in [0.5, 0.6) is 0 Å². The molecule has 0 spiro atoms. The molecule has 1 saturated carbocycles. The van der Waals surface area contributed by atoms with Crippen LogP contribution in [0.4, 0.5) is 8.78 Å². The molecular formula is C17H19F2N3O2. The molecule has 1 aliphatic heterocycles. The SMILES string of the molecule is C[C@@H]1C[C@@H](c2c[nH]cc(C#N)c2=O)N(C(=O)C2(C)CC(F)(F)C2)C1. The lowest BCUT2D eigenvalue weighted by atomic mass is 9.66. The van der Waals surface area contributed by atoms with E-state index in [-0.39, 0.29) is 17.4 Å². The van der Waals surface area contributed by atoms with E-state index < -0.39 is 35.6 Å². The first-order valence-corrected chi connectivity index (χ1v) is 7.97. The van der Waals surface area contributed by atoms with Crippen LogP contribution in [0.1, 0.15) is 50.3 Å². The van der Waals surface area contributed by atoms with Gasteiger partial charge < -0.3 is 9.88 Å². The molecule has 0 radical (unpaired) electrons. The number of rotatable bonds is 2. The third-order valence-corrected chi connectivity index (χ3v) is 5.04. The highest BCUT2D eigenvalue weighted by molar-refractivity contribution is 5.84. The zero-order valence-electron chi connectivity index (χ0n) is 13.6. The number of nitrogens with zero attached hydrogens (tertiary/aromatic N) is 2. The third kappa shape index (κ3) is 2.60. The molecule has 1 amide bonds. The molecule has 128 valence electrons. The highest BCUT2D eigenvalue weighted by Gasteiger charge is 2.59. The number of carbonyl (C=O) groups excluding carboxylic acids is 1. The summed E-state index contributed by atoms with van der Waals surface area (Å²) in [6.07, 6.45) is 2.50. The molecule has 2 aliphatic rings. The molecule has 5 nitrogen and oxygen atoms in total. The standard InChI is InChI=1S/C17H19F2N3O2/c1-10-3-13(12-6-21-5-11(4-20)14(12)23)22(7-10)15(24)16(2)8-17(18,19)9-16/h5-6,10,13H,3,7-9H2,1-2H3,(H,21,23)/t10-,13+/m1/s1. The van der Waals surface area contributed by atoms with Crippen LogP contribution in [0, 0.1) is 22.7 Å². The first-order chi connectivity index (χ1) is 11.2. The van der Waals surface area contributed by atoms with E-state index in [1.807, 2.05) is 13.0 Å². The lowest BCUT2D eigenvalue weighted by molar-refractivity contribution is -0.184. The number of aromatic amines is 1. The molecule has 1 aliphatic carbocycles. The second-order valence-electron chi connectivity index (χ2n) is 7.35. The lowest BCUT2D eigenvalue weighted by Gasteiger charge is -2.46. The minimum Gasteiger partial charge on any atom is -0.366 e. The molecule has 1 aromatic rings. The maximum Gasteiger partial charge on any atom is 0.250 e. The number of hydrogen-bond donors (Lipinski definition) is 1. The van der Waals surface area contributed by atoms with Crippen LogP contribution >= 0.6 is 0 Å². The second kappa shape index (κ2) is 5.40. The van der Waals surface area contributed by atoms with Crippen molar-refractivity contribution in [2.45, 2.75) is 45.1 Å². The Morgan fingerprint density at radius 3 is 2.67 bits per heavy atom. The molecule has 7 heteroatoms. The summed E-state index contributed by atoms with van der Waals surface area (Å²) in [5.41, 5.74) is -1.15. The Balaban J connectivity index is 1.93. The molecule has 24 heavy (non-hydrogen) atoms. The number of alkyl halides is 2. The summed E-state index contributed by atoms with van der Waals surface area (Å²) >= 11 is 0. The van der Waals surface area contributed by atoms with Crippen LogP contribution < -0.4 is 5.43 Å². The molecule has 0 unspecified atom stereocenters. The predicted molar refractivity (Wildman–Crippen MR) is 82.3 cm³/mol. The molecule has 1 N–H and O–H groups in total. The Morgan fingerprint density at radius 2 is 2.08 bits per heavy atom. The third-order valence-electron chi connectivity index (χ3n) is 5.04. The zero-order valence-corrected chi connectivity index (χ0v) is 13.6. The van der Waals surface area contributed by atoms with Crippen molar-refractivity contribution in [1.29, 1.82) is 5.26 Å². The molecule has 1 saturated heterocycles. The number of H-pyrrole nitrogens is 1. The van der Waals surface area contributed by atoms with Gasteiger partial charge >= 0.3 is 0 Å². The van der Waals surface area contributed by atoms with Gasteiger partial charge in [-0.15, -0.1) is 0 Å². The van der Waals surface area contributed by atoms with Crippen molar-refractivity contribution in [1.82, 2.24) is 9.88 Å². The van der Waals surface area contributed by atoms with Gasteiger partial charge in [-0.05, 0) is 12.3 Å². The van der Waals surface area contributed by atoms with Crippen molar-refractivity contribution in [3.8, 4) is 6.07 Å². The summed E-state index contributed by atoms with van der Waals surface area (Å²) in [6.45, 7) is 3.95. The molecule has 0 aromatic carbocycles. The number of halogens is 2. The minimum atomic E-state index is -2.79. The summed E-state index contributed by atoms with van der Waals surface area (Å²) in [6, 6.07) is 1.36. The van der Waals surface area contributed by atoms with Crippen molar-refractivity contribution in [2.75, 3.05) is 6.54 Å². The Bertz CT molecular complexity index is 773. The smallest absolute Gasteiger partial charge is 0.250 e. The van der Waals surface area contributed by atoms with E-state index in [0.717, 1.165) is 0 Å². The number of carbonyl (C=O) groups is 1. The van der Waals surface area contributed by atoms with Crippen LogP contribution in [-0.2, 0) is 4.79 Å². The summed E-state index contributed by atoms with van der Waals surface area (Å²) in [4.78, 5) is 29.6. The number of pyridine rings is 1. The normalized spacial score (nSPS) is 27.4. The highest BCUT2D eigenvalue weighted by atomic mass is 19.3. The van der Waals surface area contributed by atoms with Gasteiger partial charge in [0.25, 0.3) is 0 Å². The lowest BCUT2D eigenvalue weighted by Crippen LogP contribution is -2.54. The quantitative estimate of drug-likeness (QED) is 0.902. The minimum absolute atomic E-state index is 0.0131. The monoisotopic (exact) mass is 335 g/mol. The largest absolute Gasteiger partial charge is 0.366 e. The number of aromatic nitrogens is 1. The Hall–Kier alpha value is -2.23. The van der Waals surface area contributed by atoms with E-state index in [1.165, 1.54) is 12.4 Å². The average Bonchev–Trinajstić information content (AvgIpc) is 2.86. The van der Waals surface area contributed by atoms with E-state index >= 15 is 0 Å².